The van der Waals surface area contributed by atoms with Gasteiger partial charge in [0.05, 0.1) is 5.39 Å². The zero-order chi connectivity index (χ0) is 26.9. The van der Waals surface area contributed by atoms with Gasteiger partial charge in [0.15, 0.2) is 17.5 Å². The normalized spacial score (nSPS) is 11.9. The van der Waals surface area contributed by atoms with Gasteiger partial charge in [-0.2, -0.15) is 0 Å². The van der Waals surface area contributed by atoms with Gasteiger partial charge in [-0.25, -0.2) is 19.9 Å². The number of furan rings is 1. The Labute approximate surface area is 234 Å². The molecule has 5 nitrogen and oxygen atoms in total. The minimum atomic E-state index is 0.565. The van der Waals surface area contributed by atoms with E-state index in [-0.39, 0.29) is 0 Å². The summed E-state index contributed by atoms with van der Waals surface area (Å²) in [7, 11) is 0. The van der Waals surface area contributed by atoms with Crippen LogP contribution in [-0.4, -0.2) is 19.9 Å². The third kappa shape index (κ3) is 3.29. The average Bonchev–Trinajstić information content (AvgIpc) is 3.58. The number of hydrogen-bond donors (Lipinski definition) is 0. The van der Waals surface area contributed by atoms with Crippen molar-refractivity contribution in [3.05, 3.63) is 121 Å². The van der Waals surface area contributed by atoms with Crippen LogP contribution in [0.4, 0.5) is 0 Å². The molecule has 0 spiro atoms. The van der Waals surface area contributed by atoms with Crippen molar-refractivity contribution in [2.24, 2.45) is 0 Å². The highest BCUT2D eigenvalue weighted by Gasteiger charge is 2.23. The van der Waals surface area contributed by atoms with Crippen molar-refractivity contribution in [2.75, 3.05) is 0 Å². The lowest BCUT2D eigenvalue weighted by atomic mass is 10.0. The minimum absolute atomic E-state index is 0.565. The van der Waals surface area contributed by atoms with Crippen LogP contribution in [0.15, 0.2) is 126 Å². The second kappa shape index (κ2) is 8.41. The number of pyridine rings is 1. The first-order valence-electron chi connectivity index (χ1n) is 13.6. The van der Waals surface area contributed by atoms with Crippen LogP contribution >= 0.6 is 0 Å². The predicted octanol–water partition coefficient (Wildman–Crippen LogP) is 8.97. The molecule has 1 aliphatic rings. The number of fused-ring (bicyclic) bond motifs is 6. The smallest absolute Gasteiger partial charge is 0.228 e. The van der Waals surface area contributed by atoms with Gasteiger partial charge >= 0.3 is 0 Å². The van der Waals surface area contributed by atoms with E-state index in [2.05, 4.69) is 59.6 Å². The molecule has 0 radical (unpaired) electrons. The molecule has 0 bridgehead atoms. The van der Waals surface area contributed by atoms with Crippen LogP contribution in [-0.2, 0) is 0 Å². The van der Waals surface area contributed by atoms with E-state index < -0.39 is 0 Å². The molecule has 8 aromatic rings. The summed E-state index contributed by atoms with van der Waals surface area (Å²) in [6, 6.07) is 39.5. The van der Waals surface area contributed by atoms with Crippen LogP contribution in [0.2, 0.25) is 0 Å². The Kier molecular flexibility index (Phi) is 4.55. The number of nitrogens with zero attached hydrogens (tertiary/aromatic N) is 4. The van der Waals surface area contributed by atoms with Gasteiger partial charge in [0.1, 0.15) is 5.58 Å². The molecule has 5 aromatic carbocycles. The predicted molar refractivity (Wildman–Crippen MR) is 163 cm³/mol. The summed E-state index contributed by atoms with van der Waals surface area (Å²) in [4.78, 5) is 19.5. The highest BCUT2D eigenvalue weighted by Crippen LogP contribution is 2.48. The van der Waals surface area contributed by atoms with Gasteiger partial charge in [-0.15, -0.1) is 0 Å². The molecule has 41 heavy (non-hydrogen) atoms. The Hall–Kier alpha value is -5.68. The maximum absolute atomic E-state index is 6.07. The summed E-state index contributed by atoms with van der Waals surface area (Å²) >= 11 is 0. The van der Waals surface area contributed by atoms with Gasteiger partial charge in [-0.1, -0.05) is 97.1 Å². The fourth-order valence-electron chi connectivity index (χ4n) is 6.11. The number of rotatable bonds is 3. The number of aromatic nitrogens is 4. The molecule has 190 valence electrons. The van der Waals surface area contributed by atoms with Crippen molar-refractivity contribution in [2.45, 2.75) is 0 Å². The van der Waals surface area contributed by atoms with Crippen LogP contribution in [0.5, 0.6) is 0 Å². The van der Waals surface area contributed by atoms with Gasteiger partial charge in [0.25, 0.3) is 0 Å². The summed E-state index contributed by atoms with van der Waals surface area (Å²) < 4.78 is 6.07. The van der Waals surface area contributed by atoms with E-state index in [1.807, 2.05) is 60.7 Å². The molecule has 0 atom stereocenters. The van der Waals surface area contributed by atoms with Crippen molar-refractivity contribution in [3.63, 3.8) is 0 Å². The van der Waals surface area contributed by atoms with E-state index >= 15 is 0 Å². The fourth-order valence-corrected chi connectivity index (χ4v) is 6.11. The molecule has 0 saturated carbocycles. The van der Waals surface area contributed by atoms with E-state index in [0.29, 0.717) is 23.2 Å². The summed E-state index contributed by atoms with van der Waals surface area (Å²) in [6.45, 7) is 0. The number of benzene rings is 5. The molecule has 0 amide bonds. The third-order valence-corrected chi connectivity index (χ3v) is 7.95. The first-order chi connectivity index (χ1) is 20.3. The Morgan fingerprint density at radius 1 is 0.463 bits per heavy atom. The van der Waals surface area contributed by atoms with Crippen molar-refractivity contribution in [1.82, 2.24) is 19.9 Å². The maximum atomic E-state index is 6.07. The third-order valence-electron chi connectivity index (χ3n) is 7.95. The number of para-hydroxylation sites is 1. The summed E-state index contributed by atoms with van der Waals surface area (Å²) in [5.41, 5.74) is 9.03. The largest absolute Gasteiger partial charge is 0.438 e. The molecule has 1 aliphatic carbocycles. The van der Waals surface area contributed by atoms with E-state index in [0.717, 1.165) is 33.0 Å². The quantitative estimate of drug-likeness (QED) is 0.231. The molecule has 5 heteroatoms. The lowest BCUT2D eigenvalue weighted by Crippen LogP contribution is -2.00. The monoisotopic (exact) mass is 524 g/mol. The second-order valence-corrected chi connectivity index (χ2v) is 10.3. The lowest BCUT2D eigenvalue weighted by Gasteiger charge is -2.10. The minimum Gasteiger partial charge on any atom is -0.438 e. The van der Waals surface area contributed by atoms with Crippen LogP contribution < -0.4 is 0 Å². The Morgan fingerprint density at radius 2 is 1.20 bits per heavy atom. The van der Waals surface area contributed by atoms with Gasteiger partial charge in [0, 0.05) is 28.3 Å². The molecule has 0 unspecified atom stereocenters. The summed E-state index contributed by atoms with van der Waals surface area (Å²) in [5, 5.41) is 4.43. The average molecular weight is 525 g/mol. The number of hydrogen-bond acceptors (Lipinski definition) is 5. The molecule has 3 heterocycles. The van der Waals surface area contributed by atoms with E-state index in [1.165, 1.54) is 33.0 Å². The first kappa shape index (κ1) is 22.2. The highest BCUT2D eigenvalue weighted by atomic mass is 16.3. The lowest BCUT2D eigenvalue weighted by molar-refractivity contribution is 0.654. The zero-order valence-corrected chi connectivity index (χ0v) is 21.7. The van der Waals surface area contributed by atoms with E-state index in [9.17, 15) is 0 Å². The van der Waals surface area contributed by atoms with Crippen LogP contribution in [0.3, 0.4) is 0 Å². The van der Waals surface area contributed by atoms with Gasteiger partial charge in [-0.3, -0.25) is 0 Å². The highest BCUT2D eigenvalue weighted by molar-refractivity contribution is 6.15. The topological polar surface area (TPSA) is 64.7 Å². The summed E-state index contributed by atoms with van der Waals surface area (Å²) in [6.07, 6.45) is 1.75. The molecule has 0 saturated heterocycles. The first-order valence-corrected chi connectivity index (χ1v) is 13.6. The van der Waals surface area contributed by atoms with Crippen molar-refractivity contribution in [1.29, 1.82) is 0 Å². The fraction of sp³-hybridized carbons (Fsp3) is 0. The Balaban J connectivity index is 1.29. The van der Waals surface area contributed by atoms with Gasteiger partial charge in [0.2, 0.25) is 5.71 Å². The van der Waals surface area contributed by atoms with Crippen molar-refractivity contribution >= 4 is 32.8 Å². The molecule has 0 N–H and O–H groups in total. The molecule has 9 rings (SSSR count). The van der Waals surface area contributed by atoms with Gasteiger partial charge < -0.3 is 4.42 Å². The van der Waals surface area contributed by atoms with Crippen molar-refractivity contribution in [3.8, 4) is 56.4 Å². The standard InChI is InChI=1S/C36H20N4O/c1-2-8-22(9-3-1)33-38-34(23-16-17-24-25-13-6-10-21-11-7-14-26(31(21)25)29(24)20-23)40-35(39-33)28-18-19-37-36-32(28)27-12-4-5-15-30(27)41-36/h1-20H. The van der Waals surface area contributed by atoms with Gasteiger partial charge in [-0.05, 0) is 51.2 Å². The van der Waals surface area contributed by atoms with Crippen LogP contribution in [0.1, 0.15) is 0 Å². The molecular formula is C36H20N4O. The molecular weight excluding hydrogens is 504 g/mol. The van der Waals surface area contributed by atoms with Crippen LogP contribution in [0, 0.1) is 0 Å². The Bertz CT molecular complexity index is 2320. The molecule has 3 aromatic heterocycles. The second-order valence-electron chi connectivity index (χ2n) is 10.3. The Morgan fingerprint density at radius 3 is 2.05 bits per heavy atom. The van der Waals surface area contributed by atoms with Crippen LogP contribution in [0.25, 0.3) is 89.3 Å². The maximum Gasteiger partial charge on any atom is 0.228 e. The zero-order valence-electron chi connectivity index (χ0n) is 21.7. The van der Waals surface area contributed by atoms with E-state index in [4.69, 9.17) is 19.4 Å². The SMILES string of the molecule is c1ccc(-c2nc(-c3ccc4c(c3)-c3cccc5cccc-4c35)nc(-c3ccnc4oc5ccccc5c34)n2)cc1. The molecule has 0 aliphatic heterocycles. The van der Waals surface area contributed by atoms with Crippen molar-refractivity contribution < 1.29 is 4.42 Å². The summed E-state index contributed by atoms with van der Waals surface area (Å²) in [5.74, 6) is 1.82. The van der Waals surface area contributed by atoms with E-state index in [1.54, 1.807) is 6.20 Å². The molecule has 0 fully saturated rings.